The van der Waals surface area contributed by atoms with Gasteiger partial charge < -0.3 is 5.32 Å². The van der Waals surface area contributed by atoms with Crippen LogP contribution in [0.1, 0.15) is 12.6 Å². The van der Waals surface area contributed by atoms with E-state index in [0.717, 1.165) is 6.07 Å². The van der Waals surface area contributed by atoms with Gasteiger partial charge in [-0.05, 0) is 18.5 Å². The Hall–Kier alpha value is -0.890. The number of halogens is 4. The van der Waals surface area contributed by atoms with E-state index in [9.17, 15) is 17.4 Å². The monoisotopic (exact) mass is 301 g/mol. The van der Waals surface area contributed by atoms with Crippen LogP contribution >= 0.6 is 11.6 Å². The molecule has 1 N–H and O–H groups in total. The zero-order valence-corrected chi connectivity index (χ0v) is 11.2. The first-order chi connectivity index (χ1) is 8.20. The highest BCUT2D eigenvalue weighted by Gasteiger charge is 2.33. The molecule has 0 aromatic carbocycles. The van der Waals surface area contributed by atoms with Gasteiger partial charge in [0.1, 0.15) is 5.82 Å². The normalized spacial score (nSPS) is 15.2. The molecule has 0 spiro atoms. The van der Waals surface area contributed by atoms with Crippen molar-refractivity contribution in [3.63, 3.8) is 0 Å². The maximum absolute atomic E-state index is 12.4. The van der Waals surface area contributed by atoms with Gasteiger partial charge in [-0.2, -0.15) is 13.2 Å². The lowest BCUT2D eigenvalue weighted by Gasteiger charge is -2.12. The molecule has 1 aromatic heterocycles. The summed E-state index contributed by atoms with van der Waals surface area (Å²) >= 11 is 5.41. The molecule has 1 heterocycles. The van der Waals surface area contributed by atoms with Crippen LogP contribution < -0.4 is 5.32 Å². The van der Waals surface area contributed by atoms with E-state index in [0.29, 0.717) is 0 Å². The lowest BCUT2D eigenvalue weighted by atomic mass is 10.3. The van der Waals surface area contributed by atoms with E-state index in [1.807, 2.05) is 0 Å². The molecule has 2 unspecified atom stereocenters. The highest BCUT2D eigenvalue weighted by atomic mass is 35.5. The molecule has 0 aliphatic heterocycles. The number of nitrogens with zero attached hydrogens (tertiary/aromatic N) is 2. The van der Waals surface area contributed by atoms with Gasteiger partial charge in [0.15, 0.2) is 5.69 Å². The zero-order valence-electron chi connectivity index (χ0n) is 9.58. The number of hydrogen-bond donors (Lipinski definition) is 1. The van der Waals surface area contributed by atoms with Crippen molar-refractivity contribution in [3.8, 4) is 0 Å². The minimum Gasteiger partial charge on any atom is -0.369 e. The van der Waals surface area contributed by atoms with Gasteiger partial charge in [0.25, 0.3) is 0 Å². The Bertz CT molecular complexity index is 455. The van der Waals surface area contributed by atoms with Crippen LogP contribution in [0.25, 0.3) is 0 Å². The number of hydrogen-bond acceptors (Lipinski definition) is 4. The van der Waals surface area contributed by atoms with Crippen LogP contribution in [0.5, 0.6) is 0 Å². The smallest absolute Gasteiger partial charge is 0.369 e. The molecular formula is C9H11ClF3N3OS. The van der Waals surface area contributed by atoms with E-state index in [1.54, 1.807) is 6.92 Å². The van der Waals surface area contributed by atoms with Crippen molar-refractivity contribution in [1.82, 2.24) is 9.97 Å². The molecule has 0 aliphatic carbocycles. The van der Waals surface area contributed by atoms with Crippen molar-refractivity contribution >= 4 is 28.2 Å². The Labute approximate surface area is 109 Å². The molecule has 1 aromatic rings. The molecule has 0 saturated heterocycles. The predicted octanol–water partition coefficient (Wildman–Crippen LogP) is 2.33. The van der Waals surface area contributed by atoms with Crippen LogP contribution in [0, 0.1) is 0 Å². The summed E-state index contributed by atoms with van der Waals surface area (Å²) in [4.78, 5) is 6.72. The van der Waals surface area contributed by atoms with E-state index < -0.39 is 28.0 Å². The number of aromatic nitrogens is 2. The Morgan fingerprint density at radius 2 is 2.11 bits per heavy atom. The summed E-state index contributed by atoms with van der Waals surface area (Å²) < 4.78 is 48.4. The molecule has 0 aliphatic rings. The standard InChI is InChI=1S/C9H11ClF3N3OS/c1-5(18(2)17)4-14-7-3-6(9(11,12)13)15-8(10)16-7/h3,5H,4H2,1-2H3,(H,14,15,16). The van der Waals surface area contributed by atoms with E-state index in [2.05, 4.69) is 15.3 Å². The second-order valence-electron chi connectivity index (χ2n) is 3.60. The van der Waals surface area contributed by atoms with Crippen LogP contribution in [0.15, 0.2) is 6.07 Å². The van der Waals surface area contributed by atoms with Gasteiger partial charge in [-0.15, -0.1) is 0 Å². The van der Waals surface area contributed by atoms with Gasteiger partial charge in [-0.25, -0.2) is 9.97 Å². The SMILES string of the molecule is CC(CNc1cc(C(F)(F)F)nc(Cl)n1)S(C)=O. The van der Waals surface area contributed by atoms with Crippen molar-refractivity contribution in [3.05, 3.63) is 17.0 Å². The molecule has 102 valence electrons. The number of anilines is 1. The highest BCUT2D eigenvalue weighted by molar-refractivity contribution is 7.84. The van der Waals surface area contributed by atoms with Gasteiger partial charge in [0.2, 0.25) is 5.28 Å². The Morgan fingerprint density at radius 1 is 1.50 bits per heavy atom. The molecule has 0 saturated carbocycles. The molecule has 0 amide bonds. The molecule has 0 radical (unpaired) electrons. The van der Waals surface area contributed by atoms with Gasteiger partial charge in [-0.1, -0.05) is 0 Å². The molecule has 1 rings (SSSR count). The van der Waals surface area contributed by atoms with Crippen molar-refractivity contribution in [2.75, 3.05) is 18.1 Å². The van der Waals surface area contributed by atoms with Gasteiger partial charge >= 0.3 is 6.18 Å². The minimum atomic E-state index is -4.58. The molecule has 9 heteroatoms. The fraction of sp³-hybridized carbons (Fsp3) is 0.556. The van der Waals surface area contributed by atoms with E-state index in [4.69, 9.17) is 11.6 Å². The van der Waals surface area contributed by atoms with Crippen LogP contribution in [-0.4, -0.2) is 32.2 Å². The summed E-state index contributed by atoms with van der Waals surface area (Å²) in [6, 6.07) is 0.761. The minimum absolute atomic E-state index is 0.0420. The number of nitrogens with one attached hydrogen (secondary N) is 1. The number of alkyl halides is 3. The fourth-order valence-electron chi connectivity index (χ4n) is 1.02. The summed E-state index contributed by atoms with van der Waals surface area (Å²) in [5.74, 6) is -0.0420. The Balaban J connectivity index is 2.84. The summed E-state index contributed by atoms with van der Waals surface area (Å²) in [5.41, 5.74) is -1.12. The summed E-state index contributed by atoms with van der Waals surface area (Å²) in [5, 5.41) is 1.95. The maximum Gasteiger partial charge on any atom is 0.433 e. The zero-order chi connectivity index (χ0) is 13.9. The van der Waals surface area contributed by atoms with E-state index in [-0.39, 0.29) is 17.6 Å². The van der Waals surface area contributed by atoms with Crippen molar-refractivity contribution in [2.45, 2.75) is 18.3 Å². The Morgan fingerprint density at radius 3 is 2.61 bits per heavy atom. The lowest BCUT2D eigenvalue weighted by molar-refractivity contribution is -0.141. The third kappa shape index (κ3) is 4.41. The predicted molar refractivity (Wildman–Crippen MR) is 64.1 cm³/mol. The van der Waals surface area contributed by atoms with E-state index >= 15 is 0 Å². The van der Waals surface area contributed by atoms with Crippen molar-refractivity contribution < 1.29 is 17.4 Å². The molecule has 18 heavy (non-hydrogen) atoms. The first kappa shape index (κ1) is 15.2. The van der Waals surface area contributed by atoms with Crippen LogP contribution in [0.3, 0.4) is 0 Å². The third-order valence-corrected chi connectivity index (χ3v) is 3.60. The second-order valence-corrected chi connectivity index (χ2v) is 5.74. The van der Waals surface area contributed by atoms with Gasteiger partial charge in [0.05, 0.1) is 0 Å². The Kier molecular flexibility index (Phi) is 4.92. The maximum atomic E-state index is 12.4. The molecular weight excluding hydrogens is 291 g/mol. The topological polar surface area (TPSA) is 54.9 Å². The summed E-state index contributed by atoms with van der Waals surface area (Å²) in [7, 11) is -1.07. The second kappa shape index (κ2) is 5.83. The number of rotatable bonds is 4. The van der Waals surface area contributed by atoms with Gasteiger partial charge in [-0.3, -0.25) is 4.21 Å². The van der Waals surface area contributed by atoms with Crippen LogP contribution in [0.2, 0.25) is 5.28 Å². The molecule has 0 bridgehead atoms. The third-order valence-electron chi connectivity index (χ3n) is 2.13. The largest absolute Gasteiger partial charge is 0.433 e. The fourth-order valence-corrected chi connectivity index (χ4v) is 1.52. The van der Waals surface area contributed by atoms with Crippen molar-refractivity contribution in [1.29, 1.82) is 0 Å². The van der Waals surface area contributed by atoms with Crippen LogP contribution in [0.4, 0.5) is 19.0 Å². The summed E-state index contributed by atoms with van der Waals surface area (Å²) in [6.45, 7) is 1.93. The van der Waals surface area contributed by atoms with E-state index in [1.165, 1.54) is 6.26 Å². The van der Waals surface area contributed by atoms with Crippen molar-refractivity contribution in [2.24, 2.45) is 0 Å². The van der Waals surface area contributed by atoms with Crippen LogP contribution in [-0.2, 0) is 17.0 Å². The quantitative estimate of drug-likeness (QED) is 0.867. The average Bonchev–Trinajstić information content (AvgIpc) is 2.23. The molecule has 0 fully saturated rings. The molecule has 4 nitrogen and oxygen atoms in total. The first-order valence-corrected chi connectivity index (χ1v) is 6.88. The lowest BCUT2D eigenvalue weighted by Crippen LogP contribution is -2.21. The highest BCUT2D eigenvalue weighted by Crippen LogP contribution is 2.29. The summed E-state index contributed by atoms with van der Waals surface area (Å²) in [6.07, 6.45) is -3.07. The first-order valence-electron chi connectivity index (χ1n) is 4.88. The average molecular weight is 302 g/mol. The van der Waals surface area contributed by atoms with Gasteiger partial charge in [0, 0.05) is 34.9 Å². The molecule has 2 atom stereocenters.